The average molecular weight is 289 g/mol. The number of rotatable bonds is 1. The van der Waals surface area contributed by atoms with Crippen molar-refractivity contribution in [2.75, 3.05) is 0 Å². The summed E-state index contributed by atoms with van der Waals surface area (Å²) in [6.45, 7) is 11.5. The minimum absolute atomic E-state index is 0.448. The highest BCUT2D eigenvalue weighted by Gasteiger charge is 2.21. The molecule has 0 bridgehead atoms. The Labute approximate surface area is 124 Å². The highest BCUT2D eigenvalue weighted by atomic mass is 32.2. The van der Waals surface area contributed by atoms with Gasteiger partial charge in [-0.3, -0.25) is 5.32 Å². The summed E-state index contributed by atoms with van der Waals surface area (Å²) in [6.07, 6.45) is 1.42. The number of thioether (sulfide) groups is 1. The van der Waals surface area contributed by atoms with Crippen molar-refractivity contribution in [3.63, 3.8) is 0 Å². The largest absolute Gasteiger partial charge is 0.444 e. The molecule has 1 aromatic carbocycles. The van der Waals surface area contributed by atoms with Gasteiger partial charge in [-0.2, -0.15) is 0 Å². The average Bonchev–Trinajstić information content (AvgIpc) is 2.27. The van der Waals surface area contributed by atoms with Crippen molar-refractivity contribution in [2.24, 2.45) is 0 Å². The molecule has 4 heteroatoms. The topological polar surface area (TPSA) is 38.3 Å². The zero-order chi connectivity index (χ0) is 14.9. The van der Waals surface area contributed by atoms with Crippen LogP contribution in [0.1, 0.15) is 31.9 Å². The minimum atomic E-state index is -0.513. The van der Waals surface area contributed by atoms with E-state index in [9.17, 15) is 4.79 Å². The summed E-state index contributed by atoms with van der Waals surface area (Å²) in [7, 11) is 0. The number of amides is 1. The van der Waals surface area contributed by atoms with Gasteiger partial charge in [-0.15, -0.1) is 0 Å². The van der Waals surface area contributed by atoms with Gasteiger partial charge in [0, 0.05) is 15.4 Å². The molecule has 0 spiro atoms. The lowest BCUT2D eigenvalue weighted by Crippen LogP contribution is -2.32. The molecule has 1 N–H and O–H groups in total. The Morgan fingerprint density at radius 2 is 2.05 bits per heavy atom. The molecule has 1 aromatic rings. The van der Waals surface area contributed by atoms with Crippen LogP contribution in [0.15, 0.2) is 40.7 Å². The predicted molar refractivity (Wildman–Crippen MR) is 83.5 cm³/mol. The number of carbonyl (C=O) groups is 1. The molecule has 0 atom stereocenters. The van der Waals surface area contributed by atoms with Crippen LogP contribution >= 0.6 is 11.8 Å². The van der Waals surface area contributed by atoms with E-state index >= 15 is 0 Å². The molecule has 2 rings (SSSR count). The lowest BCUT2D eigenvalue weighted by atomic mass is 10.1. The summed E-state index contributed by atoms with van der Waals surface area (Å²) < 4.78 is 5.29. The summed E-state index contributed by atoms with van der Waals surface area (Å²) >= 11 is 1.60. The fraction of sp³-hybridized carbons (Fsp3) is 0.312. The van der Waals surface area contributed by atoms with E-state index in [1.807, 2.05) is 39.8 Å². The maximum absolute atomic E-state index is 11.9. The Hall–Kier alpha value is -1.68. The number of ether oxygens (including phenoxy) is 1. The van der Waals surface area contributed by atoms with Crippen molar-refractivity contribution in [1.29, 1.82) is 0 Å². The number of hydrogen-bond acceptors (Lipinski definition) is 3. The first-order chi connectivity index (χ1) is 9.24. The number of benzene rings is 1. The Morgan fingerprint density at radius 3 is 2.70 bits per heavy atom. The van der Waals surface area contributed by atoms with Crippen molar-refractivity contribution in [3.05, 3.63) is 46.9 Å². The molecule has 0 radical (unpaired) electrons. The maximum atomic E-state index is 11.9. The monoisotopic (exact) mass is 289 g/mol. The first-order valence-electron chi connectivity index (χ1n) is 6.44. The van der Waals surface area contributed by atoms with Gasteiger partial charge in [-0.25, -0.2) is 4.79 Å². The van der Waals surface area contributed by atoms with Gasteiger partial charge in [-0.1, -0.05) is 30.0 Å². The molecule has 106 valence electrons. The van der Waals surface area contributed by atoms with Gasteiger partial charge in [0.15, 0.2) is 0 Å². The summed E-state index contributed by atoms with van der Waals surface area (Å²) in [6, 6.07) is 6.15. The smallest absolute Gasteiger partial charge is 0.412 e. The van der Waals surface area contributed by atoms with Crippen LogP contribution in [0.2, 0.25) is 0 Å². The van der Waals surface area contributed by atoms with Crippen molar-refractivity contribution in [2.45, 2.75) is 38.2 Å². The number of hydrogen-bond donors (Lipinski definition) is 1. The zero-order valence-corrected chi connectivity index (χ0v) is 13.1. The van der Waals surface area contributed by atoms with Gasteiger partial charge >= 0.3 is 6.09 Å². The Bertz CT molecular complexity index is 597. The van der Waals surface area contributed by atoms with Crippen LogP contribution in [0.3, 0.4) is 0 Å². The molecule has 1 heterocycles. The lowest BCUT2D eigenvalue weighted by molar-refractivity contribution is 0.0558. The SMILES string of the molecule is C=C1C=C(NC(=O)OC(C)(C)C)c2cc(C)ccc2S1. The molecule has 3 nitrogen and oxygen atoms in total. The van der Waals surface area contributed by atoms with E-state index in [1.54, 1.807) is 11.8 Å². The number of alkyl carbamates (subject to hydrolysis) is 1. The third-order valence-corrected chi connectivity index (χ3v) is 3.56. The molecule has 1 aliphatic rings. The van der Waals surface area contributed by atoms with Gasteiger partial charge in [0.25, 0.3) is 0 Å². The molecular weight excluding hydrogens is 270 g/mol. The normalized spacial score (nSPS) is 14.4. The summed E-state index contributed by atoms with van der Waals surface area (Å²) in [5.74, 6) is 0. The van der Waals surface area contributed by atoms with Gasteiger partial charge in [0.1, 0.15) is 5.60 Å². The number of carbonyl (C=O) groups excluding carboxylic acids is 1. The van der Waals surface area contributed by atoms with Crippen molar-refractivity contribution in [1.82, 2.24) is 5.32 Å². The third-order valence-electron chi connectivity index (χ3n) is 2.61. The molecular formula is C16H19NO2S. The number of aryl methyl sites for hydroxylation is 1. The van der Waals surface area contributed by atoms with Gasteiger partial charge in [0.2, 0.25) is 0 Å². The summed E-state index contributed by atoms with van der Waals surface area (Å²) in [4.78, 5) is 13.9. The fourth-order valence-electron chi connectivity index (χ4n) is 1.87. The Kier molecular flexibility index (Phi) is 3.95. The summed E-state index contributed by atoms with van der Waals surface area (Å²) in [5.41, 5.74) is 2.38. The van der Waals surface area contributed by atoms with E-state index < -0.39 is 11.7 Å². The molecule has 0 fully saturated rings. The van der Waals surface area contributed by atoms with E-state index in [4.69, 9.17) is 4.74 Å². The van der Waals surface area contributed by atoms with Gasteiger partial charge < -0.3 is 4.74 Å². The second-order valence-corrected chi connectivity index (χ2v) is 6.92. The molecule has 0 saturated carbocycles. The van der Waals surface area contributed by atoms with E-state index in [2.05, 4.69) is 24.0 Å². The molecule has 0 saturated heterocycles. The van der Waals surface area contributed by atoms with Crippen LogP contribution in [0.4, 0.5) is 4.79 Å². The van der Waals surface area contributed by atoms with Gasteiger partial charge in [-0.05, 0) is 45.9 Å². The molecule has 0 unspecified atom stereocenters. The quantitative estimate of drug-likeness (QED) is 0.828. The highest BCUT2D eigenvalue weighted by Crippen LogP contribution is 2.38. The first kappa shape index (κ1) is 14.7. The fourth-order valence-corrected chi connectivity index (χ4v) is 2.74. The number of allylic oxidation sites excluding steroid dienone is 1. The van der Waals surface area contributed by atoms with E-state index in [-0.39, 0.29) is 0 Å². The highest BCUT2D eigenvalue weighted by molar-refractivity contribution is 8.03. The lowest BCUT2D eigenvalue weighted by Gasteiger charge is -2.23. The number of fused-ring (bicyclic) bond motifs is 1. The van der Waals surface area contributed by atoms with E-state index in [0.29, 0.717) is 0 Å². The Balaban J connectivity index is 2.25. The van der Waals surface area contributed by atoms with Crippen molar-refractivity contribution >= 4 is 23.6 Å². The molecule has 0 aromatic heterocycles. The van der Waals surface area contributed by atoms with Crippen LogP contribution in [0, 0.1) is 6.92 Å². The van der Waals surface area contributed by atoms with Crippen LogP contribution < -0.4 is 5.32 Å². The predicted octanol–water partition coefficient (Wildman–Crippen LogP) is 4.48. The third kappa shape index (κ3) is 3.67. The zero-order valence-electron chi connectivity index (χ0n) is 12.2. The number of nitrogens with one attached hydrogen (secondary N) is 1. The second kappa shape index (κ2) is 5.37. The molecule has 1 amide bonds. The molecule has 20 heavy (non-hydrogen) atoms. The Morgan fingerprint density at radius 1 is 1.35 bits per heavy atom. The standard InChI is InChI=1S/C16H19NO2S/c1-10-6-7-14-12(8-10)13(9-11(2)20-14)17-15(18)19-16(3,4)5/h6-9H,2H2,1,3-5H3,(H,17,18). The summed E-state index contributed by atoms with van der Waals surface area (Å²) in [5, 5.41) is 2.82. The van der Waals surface area contributed by atoms with E-state index in [0.717, 1.165) is 26.6 Å². The van der Waals surface area contributed by atoms with E-state index in [1.165, 1.54) is 0 Å². The van der Waals surface area contributed by atoms with Crippen LogP contribution in [0.5, 0.6) is 0 Å². The van der Waals surface area contributed by atoms with Crippen molar-refractivity contribution < 1.29 is 9.53 Å². The first-order valence-corrected chi connectivity index (χ1v) is 7.26. The van der Waals surface area contributed by atoms with Crippen molar-refractivity contribution in [3.8, 4) is 0 Å². The minimum Gasteiger partial charge on any atom is -0.444 e. The van der Waals surface area contributed by atoms with Crippen LogP contribution in [-0.4, -0.2) is 11.7 Å². The van der Waals surface area contributed by atoms with Crippen LogP contribution in [-0.2, 0) is 4.74 Å². The van der Waals surface area contributed by atoms with Crippen LogP contribution in [0.25, 0.3) is 5.70 Å². The molecule has 1 aliphatic heterocycles. The second-order valence-electron chi connectivity index (χ2n) is 5.75. The molecule has 0 aliphatic carbocycles. The van der Waals surface area contributed by atoms with Gasteiger partial charge in [0.05, 0.1) is 5.70 Å². The maximum Gasteiger partial charge on any atom is 0.412 e.